The van der Waals surface area contributed by atoms with Crippen LogP contribution in [0, 0.1) is 19.8 Å². The predicted molar refractivity (Wildman–Crippen MR) is 97.2 cm³/mol. The number of ether oxygens (including phenoxy) is 2. The highest BCUT2D eigenvalue weighted by Crippen LogP contribution is 2.28. The Bertz CT molecular complexity index is 700. The fourth-order valence-corrected chi connectivity index (χ4v) is 2.58. The lowest BCUT2D eigenvalue weighted by Crippen LogP contribution is -2.25. The van der Waals surface area contributed by atoms with Crippen molar-refractivity contribution >= 4 is 5.91 Å². The standard InChI is InChI=1S/C20H26N2O4/c1-14-19(15(2)26-22-14)13-25-18-8-6-17(7-9-18)20(23)21-10-3-11-24-12-16-4-5-16/h6-9,16H,3-5,10-13H2,1-2H3,(H,21,23). The van der Waals surface area contributed by atoms with Gasteiger partial charge >= 0.3 is 0 Å². The lowest BCUT2D eigenvalue weighted by molar-refractivity contribution is 0.0937. The van der Waals surface area contributed by atoms with Crippen LogP contribution in [0.25, 0.3) is 0 Å². The minimum absolute atomic E-state index is 0.0792. The van der Waals surface area contributed by atoms with Crippen molar-refractivity contribution in [2.24, 2.45) is 5.92 Å². The molecule has 3 rings (SSSR count). The molecule has 0 spiro atoms. The van der Waals surface area contributed by atoms with E-state index in [9.17, 15) is 4.79 Å². The molecule has 1 heterocycles. The molecule has 1 amide bonds. The van der Waals surface area contributed by atoms with Crippen molar-refractivity contribution in [2.45, 2.75) is 39.7 Å². The molecule has 1 aromatic carbocycles. The monoisotopic (exact) mass is 358 g/mol. The largest absolute Gasteiger partial charge is 0.489 e. The highest BCUT2D eigenvalue weighted by Gasteiger charge is 2.20. The second kappa shape index (κ2) is 8.85. The summed E-state index contributed by atoms with van der Waals surface area (Å²) >= 11 is 0. The molecule has 1 aliphatic carbocycles. The Morgan fingerprint density at radius 2 is 2.04 bits per heavy atom. The lowest BCUT2D eigenvalue weighted by atomic mass is 10.2. The van der Waals surface area contributed by atoms with Crippen LogP contribution >= 0.6 is 0 Å². The highest BCUT2D eigenvalue weighted by molar-refractivity contribution is 5.94. The predicted octanol–water partition coefficient (Wildman–Crippen LogP) is 3.42. The lowest BCUT2D eigenvalue weighted by Gasteiger charge is -2.08. The molecule has 1 N–H and O–H groups in total. The van der Waals surface area contributed by atoms with Crippen molar-refractivity contribution in [1.82, 2.24) is 10.5 Å². The first-order valence-electron chi connectivity index (χ1n) is 9.14. The number of hydrogen-bond donors (Lipinski definition) is 1. The Kier molecular flexibility index (Phi) is 6.28. The van der Waals surface area contributed by atoms with E-state index >= 15 is 0 Å². The van der Waals surface area contributed by atoms with Crippen LogP contribution in [0.15, 0.2) is 28.8 Å². The van der Waals surface area contributed by atoms with Crippen molar-refractivity contribution in [3.8, 4) is 5.75 Å². The number of carbonyl (C=O) groups excluding carboxylic acids is 1. The van der Waals surface area contributed by atoms with Gasteiger partial charge in [-0.15, -0.1) is 0 Å². The summed E-state index contributed by atoms with van der Waals surface area (Å²) < 4.78 is 16.4. The molecule has 26 heavy (non-hydrogen) atoms. The zero-order valence-corrected chi connectivity index (χ0v) is 15.4. The second-order valence-corrected chi connectivity index (χ2v) is 6.74. The van der Waals surface area contributed by atoms with Gasteiger partial charge in [-0.05, 0) is 63.3 Å². The molecule has 1 fully saturated rings. The maximum atomic E-state index is 12.1. The summed E-state index contributed by atoms with van der Waals surface area (Å²) in [5.74, 6) is 2.17. The number of rotatable bonds is 10. The highest BCUT2D eigenvalue weighted by atomic mass is 16.5. The Hall–Kier alpha value is -2.34. The minimum atomic E-state index is -0.0792. The van der Waals surface area contributed by atoms with E-state index in [0.717, 1.165) is 36.0 Å². The Morgan fingerprint density at radius 1 is 1.27 bits per heavy atom. The summed E-state index contributed by atoms with van der Waals surface area (Å²) in [6, 6.07) is 7.13. The van der Waals surface area contributed by atoms with Crippen LogP contribution in [-0.2, 0) is 11.3 Å². The van der Waals surface area contributed by atoms with Gasteiger partial charge in [0.2, 0.25) is 0 Å². The van der Waals surface area contributed by atoms with E-state index in [1.165, 1.54) is 12.8 Å². The maximum absolute atomic E-state index is 12.1. The minimum Gasteiger partial charge on any atom is -0.489 e. The average Bonchev–Trinajstić information content (AvgIpc) is 3.42. The molecule has 6 nitrogen and oxygen atoms in total. The number of aryl methyl sites for hydroxylation is 2. The van der Waals surface area contributed by atoms with E-state index in [1.54, 1.807) is 24.3 Å². The zero-order chi connectivity index (χ0) is 18.4. The van der Waals surface area contributed by atoms with Gasteiger partial charge in [0.25, 0.3) is 5.91 Å². The molecule has 0 aliphatic heterocycles. The molecule has 1 aromatic heterocycles. The van der Waals surface area contributed by atoms with Crippen molar-refractivity contribution in [3.05, 3.63) is 46.8 Å². The number of carbonyl (C=O) groups is 1. The van der Waals surface area contributed by atoms with Gasteiger partial charge in [0.1, 0.15) is 18.1 Å². The van der Waals surface area contributed by atoms with Crippen molar-refractivity contribution < 1.29 is 18.8 Å². The van der Waals surface area contributed by atoms with Gasteiger partial charge < -0.3 is 19.3 Å². The summed E-state index contributed by atoms with van der Waals surface area (Å²) in [5.41, 5.74) is 2.41. The molecule has 0 saturated heterocycles. The van der Waals surface area contributed by atoms with E-state index in [0.29, 0.717) is 31.1 Å². The van der Waals surface area contributed by atoms with Gasteiger partial charge in [0.15, 0.2) is 0 Å². The van der Waals surface area contributed by atoms with E-state index < -0.39 is 0 Å². The smallest absolute Gasteiger partial charge is 0.251 e. The number of amides is 1. The van der Waals surface area contributed by atoms with Crippen LogP contribution in [0.4, 0.5) is 0 Å². The number of nitrogens with one attached hydrogen (secondary N) is 1. The molecule has 1 saturated carbocycles. The summed E-state index contributed by atoms with van der Waals surface area (Å²) in [7, 11) is 0. The van der Waals surface area contributed by atoms with Crippen LogP contribution in [0.2, 0.25) is 0 Å². The van der Waals surface area contributed by atoms with E-state index in [1.807, 2.05) is 13.8 Å². The van der Waals surface area contributed by atoms with Crippen LogP contribution in [0.3, 0.4) is 0 Å². The van der Waals surface area contributed by atoms with Crippen LogP contribution in [0.5, 0.6) is 5.75 Å². The Balaban J connectivity index is 1.38. The normalized spacial score (nSPS) is 13.6. The molecular weight excluding hydrogens is 332 g/mol. The quantitative estimate of drug-likeness (QED) is 0.659. The van der Waals surface area contributed by atoms with Gasteiger partial charge in [-0.3, -0.25) is 4.79 Å². The van der Waals surface area contributed by atoms with E-state index in [2.05, 4.69) is 10.5 Å². The maximum Gasteiger partial charge on any atom is 0.251 e. The van der Waals surface area contributed by atoms with Crippen molar-refractivity contribution in [2.75, 3.05) is 19.8 Å². The number of hydrogen-bond acceptors (Lipinski definition) is 5. The molecule has 140 valence electrons. The molecular formula is C20H26N2O4. The second-order valence-electron chi connectivity index (χ2n) is 6.74. The summed E-state index contributed by atoms with van der Waals surface area (Å²) in [6.07, 6.45) is 3.43. The summed E-state index contributed by atoms with van der Waals surface area (Å²) in [6.45, 7) is 6.33. The number of benzene rings is 1. The third-order valence-electron chi connectivity index (χ3n) is 4.48. The first-order chi connectivity index (χ1) is 12.6. The van der Waals surface area contributed by atoms with Crippen LogP contribution < -0.4 is 10.1 Å². The van der Waals surface area contributed by atoms with Crippen LogP contribution in [-0.4, -0.2) is 30.8 Å². The van der Waals surface area contributed by atoms with Crippen LogP contribution in [0.1, 0.15) is 46.6 Å². The first kappa shape index (κ1) is 18.5. The average molecular weight is 358 g/mol. The van der Waals surface area contributed by atoms with Gasteiger partial charge in [0, 0.05) is 25.3 Å². The number of aromatic nitrogens is 1. The first-order valence-corrected chi connectivity index (χ1v) is 9.14. The molecule has 2 aromatic rings. The fourth-order valence-electron chi connectivity index (χ4n) is 2.58. The molecule has 0 radical (unpaired) electrons. The third kappa shape index (κ3) is 5.33. The molecule has 0 atom stereocenters. The Labute approximate surface area is 153 Å². The molecule has 0 bridgehead atoms. The number of nitrogens with zero attached hydrogens (tertiary/aromatic N) is 1. The Morgan fingerprint density at radius 3 is 2.69 bits per heavy atom. The fraction of sp³-hybridized carbons (Fsp3) is 0.500. The van der Waals surface area contributed by atoms with Crippen molar-refractivity contribution in [1.29, 1.82) is 0 Å². The van der Waals surface area contributed by atoms with Gasteiger partial charge in [-0.25, -0.2) is 0 Å². The van der Waals surface area contributed by atoms with Gasteiger partial charge in [0.05, 0.1) is 11.3 Å². The zero-order valence-electron chi connectivity index (χ0n) is 15.4. The van der Waals surface area contributed by atoms with Gasteiger partial charge in [-0.1, -0.05) is 5.16 Å². The topological polar surface area (TPSA) is 73.6 Å². The van der Waals surface area contributed by atoms with Gasteiger partial charge in [-0.2, -0.15) is 0 Å². The van der Waals surface area contributed by atoms with Crippen molar-refractivity contribution in [3.63, 3.8) is 0 Å². The SMILES string of the molecule is Cc1noc(C)c1COc1ccc(C(=O)NCCCOCC2CC2)cc1. The third-order valence-corrected chi connectivity index (χ3v) is 4.48. The molecule has 6 heteroatoms. The summed E-state index contributed by atoms with van der Waals surface area (Å²) in [5, 5.41) is 6.82. The summed E-state index contributed by atoms with van der Waals surface area (Å²) in [4.78, 5) is 12.1. The molecule has 1 aliphatic rings. The molecule has 0 unspecified atom stereocenters. The van der Waals surface area contributed by atoms with E-state index in [4.69, 9.17) is 14.0 Å². The van der Waals surface area contributed by atoms with E-state index in [-0.39, 0.29) is 5.91 Å².